The van der Waals surface area contributed by atoms with Gasteiger partial charge in [-0.25, -0.2) is 9.89 Å². The first-order valence-electron chi connectivity index (χ1n) is 6.14. The Hall–Kier alpha value is -1.89. The third kappa shape index (κ3) is 2.10. The molecule has 1 N–H and O–H groups in total. The molecule has 0 atom stereocenters. The number of amides is 1. The zero-order chi connectivity index (χ0) is 13.4. The Bertz CT molecular complexity index is 669. The molecular weight excluding hydrogens is 264 g/mol. The molecule has 3 rings (SSSR count). The van der Waals surface area contributed by atoms with E-state index in [0.29, 0.717) is 26.1 Å². The monoisotopic (exact) mass is 278 g/mol. The van der Waals surface area contributed by atoms with Crippen LogP contribution in [0.4, 0.5) is 0 Å². The number of hydrogen-bond donors (Lipinski definition) is 1. The maximum Gasteiger partial charge on any atom is 0.343 e. The van der Waals surface area contributed by atoms with Crippen molar-refractivity contribution in [1.82, 2.24) is 19.7 Å². The molecule has 3 heterocycles. The largest absolute Gasteiger partial charge is 0.343 e. The molecule has 2 aromatic heterocycles. The SMILES string of the molecule is Cc1ccsc1C(=O)N1CCc2n[nH]c(=O)n2CC1. The summed E-state index contributed by atoms with van der Waals surface area (Å²) in [5, 5.41) is 8.35. The Morgan fingerprint density at radius 1 is 1.42 bits per heavy atom. The average Bonchev–Trinajstić information content (AvgIpc) is 2.89. The maximum atomic E-state index is 12.4. The van der Waals surface area contributed by atoms with Gasteiger partial charge in [-0.1, -0.05) is 0 Å². The average molecular weight is 278 g/mol. The Morgan fingerprint density at radius 2 is 2.26 bits per heavy atom. The standard InChI is InChI=1S/C12H14N4O2S/c1-8-3-7-19-10(8)11(17)15-4-2-9-13-14-12(18)16(9)6-5-15/h3,7H,2,4-6H2,1H3,(H,14,18). The van der Waals surface area contributed by atoms with Gasteiger partial charge in [0.05, 0.1) is 4.88 Å². The normalized spacial score (nSPS) is 15.1. The number of hydrogen-bond acceptors (Lipinski definition) is 4. The van der Waals surface area contributed by atoms with Crippen LogP contribution in [0.1, 0.15) is 21.1 Å². The number of H-pyrrole nitrogens is 1. The lowest BCUT2D eigenvalue weighted by Gasteiger charge is -2.19. The highest BCUT2D eigenvalue weighted by Gasteiger charge is 2.23. The van der Waals surface area contributed by atoms with Crippen LogP contribution in [-0.2, 0) is 13.0 Å². The summed E-state index contributed by atoms with van der Waals surface area (Å²) in [7, 11) is 0. The number of carbonyl (C=O) groups excluding carboxylic acids is 1. The van der Waals surface area contributed by atoms with Gasteiger partial charge in [0.15, 0.2) is 0 Å². The molecule has 0 unspecified atom stereocenters. The van der Waals surface area contributed by atoms with Crippen LogP contribution in [0, 0.1) is 6.92 Å². The van der Waals surface area contributed by atoms with E-state index in [9.17, 15) is 9.59 Å². The Morgan fingerprint density at radius 3 is 3.00 bits per heavy atom. The van der Waals surface area contributed by atoms with Gasteiger partial charge >= 0.3 is 5.69 Å². The second-order valence-corrected chi connectivity index (χ2v) is 5.49. The summed E-state index contributed by atoms with van der Waals surface area (Å²) in [5.74, 6) is 0.776. The van der Waals surface area contributed by atoms with Crippen molar-refractivity contribution in [3.8, 4) is 0 Å². The number of fused-ring (bicyclic) bond motifs is 1. The molecule has 0 saturated heterocycles. The summed E-state index contributed by atoms with van der Waals surface area (Å²) >= 11 is 1.47. The molecule has 0 fully saturated rings. The lowest BCUT2D eigenvalue weighted by atomic mass is 10.2. The van der Waals surface area contributed by atoms with Crippen LogP contribution in [-0.4, -0.2) is 38.7 Å². The molecule has 1 aliphatic rings. The van der Waals surface area contributed by atoms with Crippen molar-refractivity contribution in [2.24, 2.45) is 0 Å². The van der Waals surface area contributed by atoms with E-state index in [4.69, 9.17) is 0 Å². The van der Waals surface area contributed by atoms with Crippen LogP contribution >= 0.6 is 11.3 Å². The van der Waals surface area contributed by atoms with Crippen molar-refractivity contribution >= 4 is 17.2 Å². The quantitative estimate of drug-likeness (QED) is 0.832. The number of nitrogens with zero attached hydrogens (tertiary/aromatic N) is 3. The van der Waals surface area contributed by atoms with E-state index < -0.39 is 0 Å². The van der Waals surface area contributed by atoms with Crippen molar-refractivity contribution in [3.05, 3.63) is 38.2 Å². The fourth-order valence-electron chi connectivity index (χ4n) is 2.28. The molecule has 0 saturated carbocycles. The van der Waals surface area contributed by atoms with Crippen molar-refractivity contribution in [1.29, 1.82) is 0 Å². The lowest BCUT2D eigenvalue weighted by Crippen LogP contribution is -2.34. The molecule has 0 aliphatic carbocycles. The van der Waals surface area contributed by atoms with E-state index in [2.05, 4.69) is 10.2 Å². The third-order valence-corrected chi connectivity index (χ3v) is 4.38. The third-order valence-electron chi connectivity index (χ3n) is 3.38. The first-order chi connectivity index (χ1) is 9.16. The van der Waals surface area contributed by atoms with E-state index in [1.807, 2.05) is 18.4 Å². The maximum absolute atomic E-state index is 12.4. The zero-order valence-electron chi connectivity index (χ0n) is 10.5. The van der Waals surface area contributed by atoms with Crippen LogP contribution in [0.3, 0.4) is 0 Å². The Kier molecular flexibility index (Phi) is 2.98. The summed E-state index contributed by atoms with van der Waals surface area (Å²) in [6, 6.07) is 1.95. The Balaban J connectivity index is 1.81. The highest BCUT2D eigenvalue weighted by molar-refractivity contribution is 7.12. The molecule has 100 valence electrons. The minimum Gasteiger partial charge on any atom is -0.336 e. The van der Waals surface area contributed by atoms with Gasteiger partial charge in [-0.15, -0.1) is 11.3 Å². The minimum absolute atomic E-state index is 0.0506. The highest BCUT2D eigenvalue weighted by Crippen LogP contribution is 2.18. The van der Waals surface area contributed by atoms with Crippen molar-refractivity contribution in [2.75, 3.05) is 13.1 Å². The first kappa shape index (κ1) is 12.2. The first-order valence-corrected chi connectivity index (χ1v) is 7.02. The van der Waals surface area contributed by atoms with E-state index in [1.54, 1.807) is 9.47 Å². The zero-order valence-corrected chi connectivity index (χ0v) is 11.4. The Labute approximate surface area is 113 Å². The summed E-state index contributed by atoms with van der Waals surface area (Å²) in [6.07, 6.45) is 0.606. The number of rotatable bonds is 1. The predicted octanol–water partition coefficient (Wildman–Crippen LogP) is 0.640. The van der Waals surface area contributed by atoms with Gasteiger partial charge in [0.1, 0.15) is 5.82 Å². The van der Waals surface area contributed by atoms with Crippen molar-refractivity contribution in [3.63, 3.8) is 0 Å². The fraction of sp³-hybridized carbons (Fsp3) is 0.417. The smallest absolute Gasteiger partial charge is 0.336 e. The fourth-order valence-corrected chi connectivity index (χ4v) is 3.17. The summed E-state index contributed by atoms with van der Waals surface area (Å²) in [5.41, 5.74) is 0.812. The molecule has 0 spiro atoms. The van der Waals surface area contributed by atoms with Gasteiger partial charge in [0.25, 0.3) is 5.91 Å². The van der Waals surface area contributed by atoms with Crippen LogP contribution < -0.4 is 5.69 Å². The van der Waals surface area contributed by atoms with Gasteiger partial charge in [0, 0.05) is 26.1 Å². The van der Waals surface area contributed by atoms with Gasteiger partial charge in [-0.3, -0.25) is 9.36 Å². The van der Waals surface area contributed by atoms with Crippen LogP contribution in [0.25, 0.3) is 0 Å². The summed E-state index contributed by atoms with van der Waals surface area (Å²) < 4.78 is 1.61. The minimum atomic E-state index is -0.198. The molecule has 1 amide bonds. The summed E-state index contributed by atoms with van der Waals surface area (Å²) in [4.78, 5) is 26.5. The molecule has 7 heteroatoms. The molecule has 6 nitrogen and oxygen atoms in total. The number of nitrogens with one attached hydrogen (secondary N) is 1. The van der Waals surface area contributed by atoms with Gasteiger partial charge < -0.3 is 4.90 Å². The van der Waals surface area contributed by atoms with E-state index >= 15 is 0 Å². The molecule has 1 aliphatic heterocycles. The lowest BCUT2D eigenvalue weighted by molar-refractivity contribution is 0.0763. The van der Waals surface area contributed by atoms with E-state index in [-0.39, 0.29) is 11.6 Å². The molecule has 2 aromatic rings. The van der Waals surface area contributed by atoms with Crippen molar-refractivity contribution in [2.45, 2.75) is 19.9 Å². The topological polar surface area (TPSA) is 71.0 Å². The molecule has 0 bridgehead atoms. The number of aromatic amines is 1. The molecule has 0 radical (unpaired) electrons. The van der Waals surface area contributed by atoms with Gasteiger partial charge in [-0.2, -0.15) is 5.10 Å². The van der Waals surface area contributed by atoms with Gasteiger partial charge in [-0.05, 0) is 23.9 Å². The number of aromatic nitrogens is 3. The second-order valence-electron chi connectivity index (χ2n) is 4.57. The second kappa shape index (κ2) is 4.65. The number of thiophene rings is 1. The predicted molar refractivity (Wildman–Crippen MR) is 71.5 cm³/mol. The van der Waals surface area contributed by atoms with Crippen LogP contribution in [0.2, 0.25) is 0 Å². The van der Waals surface area contributed by atoms with Gasteiger partial charge in [0.2, 0.25) is 0 Å². The van der Waals surface area contributed by atoms with Crippen LogP contribution in [0.15, 0.2) is 16.2 Å². The molecular formula is C12H14N4O2S. The van der Waals surface area contributed by atoms with E-state index in [0.717, 1.165) is 16.3 Å². The van der Waals surface area contributed by atoms with Crippen molar-refractivity contribution < 1.29 is 4.79 Å². The van der Waals surface area contributed by atoms with Crippen LogP contribution in [0.5, 0.6) is 0 Å². The van der Waals surface area contributed by atoms with E-state index in [1.165, 1.54) is 11.3 Å². The summed E-state index contributed by atoms with van der Waals surface area (Å²) in [6.45, 7) is 3.58. The number of carbonyl (C=O) groups is 1. The highest BCUT2D eigenvalue weighted by atomic mass is 32.1. The molecule has 19 heavy (non-hydrogen) atoms. The number of aryl methyl sites for hydroxylation is 1. The molecule has 0 aromatic carbocycles.